The van der Waals surface area contributed by atoms with Crippen molar-refractivity contribution < 1.29 is 14.7 Å². The molecule has 2 aliphatic carbocycles. The molecule has 2 aliphatic rings. The highest BCUT2D eigenvalue weighted by molar-refractivity contribution is 5.80. The van der Waals surface area contributed by atoms with Crippen molar-refractivity contribution >= 4 is 11.9 Å². The number of carbonyl (C=O) groups is 2. The zero-order valence-electron chi connectivity index (χ0n) is 14.1. The molecule has 130 valence electrons. The van der Waals surface area contributed by atoms with Crippen molar-refractivity contribution in [3.63, 3.8) is 0 Å². The van der Waals surface area contributed by atoms with Gasteiger partial charge >= 0.3 is 5.97 Å². The first-order valence-corrected chi connectivity index (χ1v) is 9.23. The predicted octanol–water partition coefficient (Wildman–Crippen LogP) is 3.72. The van der Waals surface area contributed by atoms with Crippen LogP contribution >= 0.6 is 0 Å². The molecule has 0 spiro atoms. The van der Waals surface area contributed by atoms with Gasteiger partial charge in [0.2, 0.25) is 5.91 Å². The summed E-state index contributed by atoms with van der Waals surface area (Å²) in [5.74, 6) is -0.812. The van der Waals surface area contributed by atoms with Gasteiger partial charge in [0.15, 0.2) is 0 Å². The molecule has 3 rings (SSSR count). The highest BCUT2D eigenvalue weighted by atomic mass is 16.4. The van der Waals surface area contributed by atoms with E-state index in [1.807, 2.05) is 6.07 Å². The molecule has 0 aromatic heterocycles. The summed E-state index contributed by atoms with van der Waals surface area (Å²) in [6.07, 6.45) is 7.32. The van der Waals surface area contributed by atoms with E-state index in [0.717, 1.165) is 32.1 Å². The van der Waals surface area contributed by atoms with Crippen LogP contribution in [0.3, 0.4) is 0 Å². The average molecular weight is 329 g/mol. The largest absolute Gasteiger partial charge is 0.481 e. The Hall–Kier alpha value is -1.84. The average Bonchev–Trinajstić information content (AvgIpc) is 2.63. The normalized spacial score (nSPS) is 30.5. The van der Waals surface area contributed by atoms with Gasteiger partial charge < -0.3 is 10.4 Å². The lowest BCUT2D eigenvalue weighted by molar-refractivity contribution is -0.144. The number of nitrogens with one attached hydrogen (secondary N) is 1. The first-order chi connectivity index (χ1) is 11.6. The van der Waals surface area contributed by atoms with Crippen LogP contribution in [0, 0.1) is 11.8 Å². The summed E-state index contributed by atoms with van der Waals surface area (Å²) >= 11 is 0. The van der Waals surface area contributed by atoms with Gasteiger partial charge in [-0.3, -0.25) is 9.59 Å². The zero-order valence-corrected chi connectivity index (χ0v) is 14.1. The molecule has 2 N–H and O–H groups in total. The Bertz CT molecular complexity index is 572. The first-order valence-electron chi connectivity index (χ1n) is 9.23. The number of aliphatic carboxylic acids is 1. The molecule has 4 heteroatoms. The topological polar surface area (TPSA) is 66.4 Å². The quantitative estimate of drug-likeness (QED) is 0.885. The maximum atomic E-state index is 12.7. The van der Waals surface area contributed by atoms with Crippen LogP contribution in [0.2, 0.25) is 0 Å². The second-order valence-corrected chi connectivity index (χ2v) is 7.32. The van der Waals surface area contributed by atoms with Gasteiger partial charge in [0.05, 0.1) is 5.92 Å². The van der Waals surface area contributed by atoms with Crippen LogP contribution in [0.5, 0.6) is 0 Å². The smallest absolute Gasteiger partial charge is 0.306 e. The number of carboxylic acids is 1. The van der Waals surface area contributed by atoms with Crippen molar-refractivity contribution in [1.82, 2.24) is 5.32 Å². The molecule has 1 amide bonds. The van der Waals surface area contributed by atoms with Crippen molar-refractivity contribution in [3.8, 4) is 0 Å². The van der Waals surface area contributed by atoms with E-state index in [4.69, 9.17) is 0 Å². The number of hydrogen-bond acceptors (Lipinski definition) is 2. The number of carboxylic acid groups (broad SMARTS) is 1. The Morgan fingerprint density at radius 2 is 1.62 bits per heavy atom. The molecule has 0 radical (unpaired) electrons. The predicted molar refractivity (Wildman–Crippen MR) is 92.7 cm³/mol. The van der Waals surface area contributed by atoms with Gasteiger partial charge in [0, 0.05) is 17.9 Å². The van der Waals surface area contributed by atoms with E-state index in [2.05, 4.69) is 29.6 Å². The third-order valence-corrected chi connectivity index (χ3v) is 5.72. The van der Waals surface area contributed by atoms with E-state index in [1.54, 1.807) is 0 Å². The lowest BCUT2D eigenvalue weighted by Gasteiger charge is -2.34. The molecule has 1 aromatic rings. The van der Waals surface area contributed by atoms with E-state index in [0.29, 0.717) is 18.8 Å². The summed E-state index contributed by atoms with van der Waals surface area (Å²) < 4.78 is 0. The second-order valence-electron chi connectivity index (χ2n) is 7.32. The number of rotatable bonds is 4. The van der Waals surface area contributed by atoms with Crippen LogP contribution in [0.4, 0.5) is 0 Å². The minimum Gasteiger partial charge on any atom is -0.481 e. The fourth-order valence-corrected chi connectivity index (χ4v) is 4.36. The Morgan fingerprint density at radius 3 is 2.38 bits per heavy atom. The molecule has 4 atom stereocenters. The van der Waals surface area contributed by atoms with Crippen LogP contribution in [0.15, 0.2) is 30.3 Å². The third kappa shape index (κ3) is 3.97. The van der Waals surface area contributed by atoms with Gasteiger partial charge in [0.25, 0.3) is 0 Å². The van der Waals surface area contributed by atoms with Gasteiger partial charge in [-0.05, 0) is 37.7 Å². The van der Waals surface area contributed by atoms with Crippen molar-refractivity contribution in [2.75, 3.05) is 0 Å². The fraction of sp³-hybridized carbons (Fsp3) is 0.600. The molecule has 4 nitrogen and oxygen atoms in total. The van der Waals surface area contributed by atoms with E-state index < -0.39 is 5.97 Å². The van der Waals surface area contributed by atoms with Gasteiger partial charge in [-0.25, -0.2) is 0 Å². The monoisotopic (exact) mass is 329 g/mol. The van der Waals surface area contributed by atoms with Crippen LogP contribution < -0.4 is 5.32 Å². The Labute approximate surface area is 143 Å². The van der Waals surface area contributed by atoms with Gasteiger partial charge in [-0.1, -0.05) is 49.6 Å². The molecule has 4 unspecified atom stereocenters. The fourth-order valence-electron chi connectivity index (χ4n) is 4.36. The molecular formula is C20H27NO3. The summed E-state index contributed by atoms with van der Waals surface area (Å²) in [4.78, 5) is 23.9. The van der Waals surface area contributed by atoms with Crippen molar-refractivity contribution in [1.29, 1.82) is 0 Å². The Morgan fingerprint density at radius 1 is 0.917 bits per heavy atom. The maximum absolute atomic E-state index is 12.7. The van der Waals surface area contributed by atoms with Crippen LogP contribution in [-0.4, -0.2) is 23.0 Å². The van der Waals surface area contributed by atoms with Crippen molar-refractivity contribution in [2.24, 2.45) is 11.8 Å². The third-order valence-electron chi connectivity index (χ3n) is 5.72. The number of hydrogen-bond donors (Lipinski definition) is 2. The van der Waals surface area contributed by atoms with Crippen molar-refractivity contribution in [2.45, 2.75) is 63.3 Å². The summed E-state index contributed by atoms with van der Waals surface area (Å²) in [5.41, 5.74) is 1.30. The number of amides is 1. The van der Waals surface area contributed by atoms with E-state index >= 15 is 0 Å². The Kier molecular flexibility index (Phi) is 5.54. The van der Waals surface area contributed by atoms with Crippen LogP contribution in [-0.2, 0) is 9.59 Å². The lowest BCUT2D eigenvalue weighted by Crippen LogP contribution is -2.45. The zero-order chi connectivity index (χ0) is 16.9. The van der Waals surface area contributed by atoms with E-state index in [1.165, 1.54) is 12.0 Å². The summed E-state index contributed by atoms with van der Waals surface area (Å²) in [5, 5.41) is 12.5. The molecule has 0 bridgehead atoms. The SMILES string of the molecule is O=C(O)C1CCCC(C(=O)NC2CCCCC2c2ccccc2)C1. The number of benzene rings is 1. The summed E-state index contributed by atoms with van der Waals surface area (Å²) in [7, 11) is 0. The second kappa shape index (κ2) is 7.82. The van der Waals surface area contributed by atoms with Gasteiger partial charge in [-0.2, -0.15) is 0 Å². The minimum atomic E-state index is -0.757. The minimum absolute atomic E-state index is 0.0637. The van der Waals surface area contributed by atoms with Crippen molar-refractivity contribution in [3.05, 3.63) is 35.9 Å². The van der Waals surface area contributed by atoms with E-state index in [-0.39, 0.29) is 23.8 Å². The highest BCUT2D eigenvalue weighted by Crippen LogP contribution is 2.34. The van der Waals surface area contributed by atoms with E-state index in [9.17, 15) is 14.7 Å². The standard InChI is InChI=1S/C20H27NO3/c22-19(15-9-6-10-16(13-15)20(23)24)21-18-12-5-4-11-17(18)14-7-2-1-3-8-14/h1-3,7-8,15-18H,4-6,9-13H2,(H,21,22)(H,23,24). The van der Waals surface area contributed by atoms with Crippen LogP contribution in [0.1, 0.15) is 62.8 Å². The molecule has 0 saturated heterocycles. The maximum Gasteiger partial charge on any atom is 0.306 e. The molecule has 2 fully saturated rings. The molecule has 24 heavy (non-hydrogen) atoms. The first kappa shape index (κ1) is 17.0. The van der Waals surface area contributed by atoms with Gasteiger partial charge in [-0.15, -0.1) is 0 Å². The van der Waals surface area contributed by atoms with Gasteiger partial charge in [0.1, 0.15) is 0 Å². The van der Waals surface area contributed by atoms with Crippen LogP contribution in [0.25, 0.3) is 0 Å². The molecule has 1 aromatic carbocycles. The lowest BCUT2D eigenvalue weighted by atomic mass is 9.78. The molecule has 0 heterocycles. The molecule has 2 saturated carbocycles. The number of carbonyl (C=O) groups excluding carboxylic acids is 1. The highest BCUT2D eigenvalue weighted by Gasteiger charge is 2.34. The Balaban J connectivity index is 1.64. The molecule has 0 aliphatic heterocycles. The summed E-state index contributed by atoms with van der Waals surface area (Å²) in [6.45, 7) is 0. The summed E-state index contributed by atoms with van der Waals surface area (Å²) in [6, 6.07) is 10.6. The molecular weight excluding hydrogens is 302 g/mol.